The summed E-state index contributed by atoms with van der Waals surface area (Å²) in [6, 6.07) is 6.17. The van der Waals surface area contributed by atoms with E-state index in [1.807, 2.05) is 13.0 Å². The zero-order valence-electron chi connectivity index (χ0n) is 8.33. The Labute approximate surface area is 74.4 Å². The van der Waals surface area contributed by atoms with Crippen molar-refractivity contribution in [3.8, 4) is 0 Å². The van der Waals surface area contributed by atoms with Crippen molar-refractivity contribution in [2.45, 2.75) is 13.5 Å². The number of aryl methyl sites for hydroxylation is 1. The van der Waals surface area contributed by atoms with E-state index in [1.165, 1.54) is 5.69 Å². The number of rotatable bonds is 2. The molecule has 1 rings (SSSR count). The molecule has 2 heteroatoms. The van der Waals surface area contributed by atoms with Gasteiger partial charge < -0.3 is 4.48 Å². The van der Waals surface area contributed by atoms with Gasteiger partial charge in [0, 0.05) is 5.69 Å². The van der Waals surface area contributed by atoms with E-state index in [-0.39, 0.29) is 0 Å². The van der Waals surface area contributed by atoms with Crippen LogP contribution in [0.4, 0.5) is 0 Å². The van der Waals surface area contributed by atoms with Gasteiger partial charge in [0.25, 0.3) is 0 Å². The Morgan fingerprint density at radius 1 is 1.25 bits per heavy atom. The van der Waals surface area contributed by atoms with E-state index in [0.29, 0.717) is 0 Å². The Bertz CT molecular complexity index is 261. The number of pyridine rings is 1. The summed E-state index contributed by atoms with van der Waals surface area (Å²) in [5, 5.41) is 0. The van der Waals surface area contributed by atoms with Crippen molar-refractivity contribution in [3.05, 3.63) is 29.6 Å². The molecule has 2 nitrogen and oxygen atoms in total. The van der Waals surface area contributed by atoms with Gasteiger partial charge in [-0.25, -0.2) is 0 Å². The van der Waals surface area contributed by atoms with Gasteiger partial charge in [0.2, 0.25) is 0 Å². The fourth-order valence-electron chi connectivity index (χ4n) is 1.17. The average Bonchev–Trinajstić information content (AvgIpc) is 1.82. The predicted octanol–water partition coefficient (Wildman–Crippen LogP) is 1.60. The van der Waals surface area contributed by atoms with Crippen molar-refractivity contribution >= 4 is 0 Å². The molecule has 0 aliphatic rings. The van der Waals surface area contributed by atoms with Gasteiger partial charge in [-0.1, -0.05) is 6.07 Å². The smallest absolute Gasteiger partial charge is 0.121 e. The lowest BCUT2D eigenvalue weighted by Crippen LogP contribution is -2.33. The Morgan fingerprint density at radius 2 is 1.92 bits per heavy atom. The molecule has 0 aromatic carbocycles. The fraction of sp³-hybridized carbons (Fsp3) is 0.500. The molecule has 66 valence electrons. The van der Waals surface area contributed by atoms with Crippen LogP contribution < -0.4 is 0 Å². The molecule has 0 radical (unpaired) electrons. The third kappa shape index (κ3) is 3.01. The quantitative estimate of drug-likeness (QED) is 0.606. The highest BCUT2D eigenvalue weighted by atomic mass is 15.3. The van der Waals surface area contributed by atoms with Crippen LogP contribution in [0.5, 0.6) is 0 Å². The van der Waals surface area contributed by atoms with Crippen molar-refractivity contribution in [1.82, 2.24) is 4.98 Å². The van der Waals surface area contributed by atoms with E-state index in [1.54, 1.807) is 0 Å². The zero-order chi connectivity index (χ0) is 9.19. The maximum atomic E-state index is 4.44. The normalized spacial score (nSPS) is 11.7. The molecule has 0 spiro atoms. The summed E-state index contributed by atoms with van der Waals surface area (Å²) in [5.74, 6) is 0. The second-order valence-corrected chi connectivity index (χ2v) is 4.22. The first-order chi connectivity index (χ1) is 5.47. The molecule has 0 aliphatic carbocycles. The van der Waals surface area contributed by atoms with Gasteiger partial charge in [0.15, 0.2) is 0 Å². The van der Waals surface area contributed by atoms with Gasteiger partial charge in [-0.05, 0) is 19.1 Å². The molecule has 0 bridgehead atoms. The molecule has 1 aromatic heterocycles. The molecule has 0 aliphatic heterocycles. The first-order valence-electron chi connectivity index (χ1n) is 4.20. The number of nitrogens with zero attached hydrogens (tertiary/aromatic N) is 2. The highest BCUT2D eigenvalue weighted by Crippen LogP contribution is 2.04. The van der Waals surface area contributed by atoms with Crippen molar-refractivity contribution < 1.29 is 4.48 Å². The van der Waals surface area contributed by atoms with Gasteiger partial charge in [-0.2, -0.15) is 0 Å². The summed E-state index contributed by atoms with van der Waals surface area (Å²) in [6.45, 7) is 3.01. The van der Waals surface area contributed by atoms with Crippen LogP contribution >= 0.6 is 0 Å². The molecule has 0 N–H and O–H groups in total. The molecular formula is C10H17N2+. The van der Waals surface area contributed by atoms with Crippen LogP contribution in [-0.2, 0) is 6.54 Å². The van der Waals surface area contributed by atoms with E-state index in [4.69, 9.17) is 0 Å². The maximum Gasteiger partial charge on any atom is 0.121 e. The Kier molecular flexibility index (Phi) is 2.48. The molecule has 1 heterocycles. The van der Waals surface area contributed by atoms with Gasteiger partial charge in [-0.3, -0.25) is 4.98 Å². The second kappa shape index (κ2) is 3.23. The maximum absolute atomic E-state index is 4.44. The molecule has 0 amide bonds. The highest BCUT2D eigenvalue weighted by molar-refractivity contribution is 5.08. The molecule has 0 unspecified atom stereocenters. The topological polar surface area (TPSA) is 12.9 Å². The van der Waals surface area contributed by atoms with Crippen molar-refractivity contribution in [1.29, 1.82) is 0 Å². The van der Waals surface area contributed by atoms with Crippen LogP contribution in [0.2, 0.25) is 0 Å². The van der Waals surface area contributed by atoms with E-state index in [2.05, 4.69) is 38.3 Å². The largest absolute Gasteiger partial charge is 0.326 e. The summed E-state index contributed by atoms with van der Waals surface area (Å²) in [7, 11) is 6.51. The Balaban J connectivity index is 2.77. The molecule has 0 saturated heterocycles. The van der Waals surface area contributed by atoms with Gasteiger partial charge in [0.05, 0.1) is 26.8 Å². The summed E-state index contributed by atoms with van der Waals surface area (Å²) >= 11 is 0. The lowest BCUT2D eigenvalue weighted by molar-refractivity contribution is -0.884. The van der Waals surface area contributed by atoms with Crippen LogP contribution in [0.15, 0.2) is 18.2 Å². The molecule has 0 saturated carbocycles. The standard InChI is InChI=1S/C10H17N2/c1-9-6-5-7-10(11-9)8-12(2,3)4/h5-7H,8H2,1-4H3/q+1. The van der Waals surface area contributed by atoms with Crippen LogP contribution in [-0.4, -0.2) is 30.6 Å². The first-order valence-corrected chi connectivity index (χ1v) is 4.20. The molecule has 12 heavy (non-hydrogen) atoms. The van der Waals surface area contributed by atoms with Crippen molar-refractivity contribution in [3.63, 3.8) is 0 Å². The fourth-order valence-corrected chi connectivity index (χ4v) is 1.17. The molecule has 1 aromatic rings. The van der Waals surface area contributed by atoms with E-state index in [0.717, 1.165) is 16.7 Å². The Hall–Kier alpha value is -0.890. The lowest BCUT2D eigenvalue weighted by Gasteiger charge is -2.23. The number of hydrogen-bond donors (Lipinski definition) is 0. The SMILES string of the molecule is Cc1cccc(C[N+](C)(C)C)n1. The van der Waals surface area contributed by atoms with Gasteiger partial charge >= 0.3 is 0 Å². The summed E-state index contributed by atoms with van der Waals surface area (Å²) in [5.41, 5.74) is 2.27. The van der Waals surface area contributed by atoms with Crippen LogP contribution in [0, 0.1) is 6.92 Å². The number of quaternary nitrogens is 1. The second-order valence-electron chi connectivity index (χ2n) is 4.22. The van der Waals surface area contributed by atoms with E-state index < -0.39 is 0 Å². The molecule has 0 fully saturated rings. The molecular weight excluding hydrogens is 148 g/mol. The lowest BCUT2D eigenvalue weighted by atomic mass is 10.3. The van der Waals surface area contributed by atoms with Crippen LogP contribution in [0.3, 0.4) is 0 Å². The Morgan fingerprint density at radius 3 is 2.42 bits per heavy atom. The first kappa shape index (κ1) is 9.20. The average molecular weight is 165 g/mol. The van der Waals surface area contributed by atoms with Crippen molar-refractivity contribution in [2.75, 3.05) is 21.1 Å². The zero-order valence-corrected chi connectivity index (χ0v) is 8.33. The van der Waals surface area contributed by atoms with E-state index in [9.17, 15) is 0 Å². The summed E-state index contributed by atoms with van der Waals surface area (Å²) in [4.78, 5) is 4.44. The van der Waals surface area contributed by atoms with Gasteiger partial charge in [-0.15, -0.1) is 0 Å². The van der Waals surface area contributed by atoms with Crippen LogP contribution in [0.1, 0.15) is 11.4 Å². The van der Waals surface area contributed by atoms with Crippen molar-refractivity contribution in [2.24, 2.45) is 0 Å². The minimum Gasteiger partial charge on any atom is -0.326 e. The minimum atomic E-state index is 0.927. The summed E-state index contributed by atoms with van der Waals surface area (Å²) in [6.07, 6.45) is 0. The highest BCUT2D eigenvalue weighted by Gasteiger charge is 2.08. The number of hydrogen-bond acceptors (Lipinski definition) is 1. The predicted molar refractivity (Wildman–Crippen MR) is 50.7 cm³/mol. The summed E-state index contributed by atoms with van der Waals surface area (Å²) < 4.78 is 0.927. The third-order valence-electron chi connectivity index (χ3n) is 1.58. The monoisotopic (exact) mass is 165 g/mol. The van der Waals surface area contributed by atoms with Gasteiger partial charge in [0.1, 0.15) is 6.54 Å². The minimum absolute atomic E-state index is 0.927. The van der Waals surface area contributed by atoms with E-state index >= 15 is 0 Å². The van der Waals surface area contributed by atoms with Crippen LogP contribution in [0.25, 0.3) is 0 Å². The number of aromatic nitrogens is 1. The molecule has 0 atom stereocenters. The third-order valence-corrected chi connectivity index (χ3v) is 1.58.